The third kappa shape index (κ3) is 5.75. The summed E-state index contributed by atoms with van der Waals surface area (Å²) in [6.45, 7) is 2.18. The van der Waals surface area contributed by atoms with Gasteiger partial charge in [0.1, 0.15) is 10.1 Å². The molecule has 0 bridgehead atoms. The number of rotatable bonds is 6. The zero-order valence-electron chi connectivity index (χ0n) is 12.6. The Balaban J connectivity index is 0.00000220. The van der Waals surface area contributed by atoms with E-state index in [2.05, 4.69) is 13.0 Å². The summed E-state index contributed by atoms with van der Waals surface area (Å²) in [5.41, 5.74) is 1.19. The predicted octanol–water partition coefficient (Wildman–Crippen LogP) is 0.871. The minimum Gasteiger partial charge on any atom is -0.744 e. The maximum absolute atomic E-state index is 11.0. The van der Waals surface area contributed by atoms with Crippen molar-refractivity contribution in [3.63, 3.8) is 0 Å². The molecule has 0 spiro atoms. The predicted molar refractivity (Wildman–Crippen MR) is 79.8 cm³/mol. The molecule has 0 aromatic heterocycles. The summed E-state index contributed by atoms with van der Waals surface area (Å²) in [6.07, 6.45) is 5.79. The van der Waals surface area contributed by atoms with Gasteiger partial charge < -0.3 is 4.55 Å². The van der Waals surface area contributed by atoms with Crippen molar-refractivity contribution >= 4 is 20.9 Å². The minimum atomic E-state index is -4.38. The van der Waals surface area contributed by atoms with Crippen LogP contribution in [0.3, 0.4) is 0 Å². The fourth-order valence-electron chi connectivity index (χ4n) is 2.34. The molecular formula is C16H19KO3S. The molecule has 0 unspecified atom stereocenters. The molecule has 0 radical (unpaired) electrons. The molecule has 0 atom stereocenters. The summed E-state index contributed by atoms with van der Waals surface area (Å²) >= 11 is 0. The molecule has 0 aliphatic rings. The van der Waals surface area contributed by atoms with Crippen LogP contribution < -0.4 is 51.4 Å². The molecule has 0 fully saturated rings. The van der Waals surface area contributed by atoms with Gasteiger partial charge in [-0.15, -0.1) is 0 Å². The SMILES string of the molecule is CCCCCCc1ccc2ccc(S(=O)(=O)[O-])cc2c1.[K+]. The molecule has 108 valence electrons. The second-order valence-corrected chi connectivity index (χ2v) is 6.49. The fourth-order valence-corrected chi connectivity index (χ4v) is 2.85. The Hall–Kier alpha value is 0.246. The minimum absolute atomic E-state index is 0. The number of benzene rings is 2. The molecule has 0 N–H and O–H groups in total. The average Bonchev–Trinajstić information content (AvgIpc) is 2.42. The van der Waals surface area contributed by atoms with Crippen LogP contribution in [-0.2, 0) is 16.5 Å². The summed E-state index contributed by atoms with van der Waals surface area (Å²) in [7, 11) is -4.38. The van der Waals surface area contributed by atoms with Gasteiger partial charge in [0.2, 0.25) is 0 Å². The van der Waals surface area contributed by atoms with Gasteiger partial charge in [0.25, 0.3) is 0 Å². The van der Waals surface area contributed by atoms with Crippen molar-refractivity contribution in [2.24, 2.45) is 0 Å². The van der Waals surface area contributed by atoms with Crippen LogP contribution in [0.2, 0.25) is 0 Å². The van der Waals surface area contributed by atoms with E-state index in [0.29, 0.717) is 0 Å². The van der Waals surface area contributed by atoms with E-state index in [0.717, 1.165) is 23.6 Å². The molecule has 0 aliphatic carbocycles. The maximum atomic E-state index is 11.0. The first-order valence-corrected chi connectivity index (χ1v) is 8.40. The van der Waals surface area contributed by atoms with Crippen LogP contribution in [0.5, 0.6) is 0 Å². The molecule has 2 aromatic rings. The van der Waals surface area contributed by atoms with Gasteiger partial charge in [-0.05, 0) is 41.3 Å². The van der Waals surface area contributed by atoms with E-state index in [9.17, 15) is 13.0 Å². The van der Waals surface area contributed by atoms with Gasteiger partial charge in [0.15, 0.2) is 0 Å². The molecular weight excluding hydrogens is 311 g/mol. The van der Waals surface area contributed by atoms with Gasteiger partial charge in [-0.25, -0.2) is 8.42 Å². The normalized spacial score (nSPS) is 11.3. The standard InChI is InChI=1S/C16H20O3S.K/c1-2-3-4-5-6-13-7-8-14-9-10-16(20(17,18)19)12-15(14)11-13;/h7-12H,2-6H2,1H3,(H,17,18,19);/q;+1/p-1. The molecule has 3 nitrogen and oxygen atoms in total. The van der Waals surface area contributed by atoms with Gasteiger partial charge in [-0.2, -0.15) is 0 Å². The van der Waals surface area contributed by atoms with Crippen molar-refractivity contribution in [1.29, 1.82) is 0 Å². The molecule has 0 heterocycles. The Morgan fingerprint density at radius 1 is 0.952 bits per heavy atom. The van der Waals surface area contributed by atoms with E-state index >= 15 is 0 Å². The van der Waals surface area contributed by atoms with Crippen LogP contribution in [0.15, 0.2) is 41.3 Å². The molecule has 2 aromatic carbocycles. The summed E-state index contributed by atoms with van der Waals surface area (Å²) in [5.74, 6) is 0. The maximum Gasteiger partial charge on any atom is 1.00 e. The van der Waals surface area contributed by atoms with Crippen molar-refractivity contribution in [2.45, 2.75) is 43.9 Å². The molecule has 2 rings (SSSR count). The van der Waals surface area contributed by atoms with Gasteiger partial charge >= 0.3 is 51.4 Å². The van der Waals surface area contributed by atoms with Gasteiger partial charge in [-0.3, -0.25) is 0 Å². The van der Waals surface area contributed by atoms with Crippen LogP contribution in [0.25, 0.3) is 10.8 Å². The fraction of sp³-hybridized carbons (Fsp3) is 0.375. The van der Waals surface area contributed by atoms with E-state index in [1.165, 1.54) is 37.0 Å². The Bertz CT molecular complexity index is 696. The van der Waals surface area contributed by atoms with Crippen LogP contribution in [0.1, 0.15) is 38.2 Å². The Kier molecular flexibility index (Phi) is 8.06. The summed E-state index contributed by atoms with van der Waals surface area (Å²) in [6, 6.07) is 10.5. The summed E-state index contributed by atoms with van der Waals surface area (Å²) < 4.78 is 33.1. The zero-order valence-corrected chi connectivity index (χ0v) is 16.6. The van der Waals surface area contributed by atoms with Gasteiger partial charge in [-0.1, -0.05) is 50.5 Å². The van der Waals surface area contributed by atoms with E-state index < -0.39 is 10.1 Å². The molecule has 0 aliphatic heterocycles. The molecule has 0 amide bonds. The van der Waals surface area contributed by atoms with E-state index in [1.807, 2.05) is 12.1 Å². The third-order valence-electron chi connectivity index (χ3n) is 3.48. The van der Waals surface area contributed by atoms with Crippen molar-refractivity contribution in [2.75, 3.05) is 0 Å². The largest absolute Gasteiger partial charge is 1.00 e. The van der Waals surface area contributed by atoms with E-state index in [-0.39, 0.29) is 56.3 Å². The van der Waals surface area contributed by atoms with Crippen molar-refractivity contribution in [3.05, 3.63) is 42.0 Å². The third-order valence-corrected chi connectivity index (χ3v) is 4.32. The molecule has 21 heavy (non-hydrogen) atoms. The van der Waals surface area contributed by atoms with Crippen molar-refractivity contribution in [3.8, 4) is 0 Å². The Morgan fingerprint density at radius 2 is 1.67 bits per heavy atom. The number of fused-ring (bicyclic) bond motifs is 1. The van der Waals surface area contributed by atoms with Gasteiger partial charge in [0, 0.05) is 0 Å². The van der Waals surface area contributed by atoms with Gasteiger partial charge in [0.05, 0.1) is 4.90 Å². The first kappa shape index (κ1) is 19.3. The number of aryl methyl sites for hydroxylation is 1. The molecule has 0 saturated carbocycles. The Labute approximate surface area is 169 Å². The number of unbranched alkanes of at least 4 members (excludes halogenated alkanes) is 3. The van der Waals surface area contributed by atoms with E-state index in [1.54, 1.807) is 6.07 Å². The second kappa shape index (κ2) is 8.77. The second-order valence-electron chi connectivity index (χ2n) is 5.11. The number of hydrogen-bond acceptors (Lipinski definition) is 3. The number of hydrogen-bond donors (Lipinski definition) is 0. The van der Waals surface area contributed by atoms with Crippen LogP contribution in [0.4, 0.5) is 0 Å². The molecule has 5 heteroatoms. The zero-order chi connectivity index (χ0) is 14.6. The monoisotopic (exact) mass is 330 g/mol. The van der Waals surface area contributed by atoms with Crippen molar-refractivity contribution < 1.29 is 64.4 Å². The first-order valence-electron chi connectivity index (χ1n) is 6.99. The van der Waals surface area contributed by atoms with Crippen LogP contribution in [0, 0.1) is 0 Å². The van der Waals surface area contributed by atoms with E-state index in [4.69, 9.17) is 0 Å². The summed E-state index contributed by atoms with van der Waals surface area (Å²) in [5, 5.41) is 1.77. The quantitative estimate of drug-likeness (QED) is 0.449. The topological polar surface area (TPSA) is 57.2 Å². The summed E-state index contributed by atoms with van der Waals surface area (Å²) in [4.78, 5) is -0.159. The average molecular weight is 330 g/mol. The first-order chi connectivity index (χ1) is 9.50. The van der Waals surface area contributed by atoms with Crippen molar-refractivity contribution in [1.82, 2.24) is 0 Å². The van der Waals surface area contributed by atoms with Crippen LogP contribution in [-0.4, -0.2) is 13.0 Å². The Morgan fingerprint density at radius 3 is 2.33 bits per heavy atom. The molecule has 0 saturated heterocycles. The smallest absolute Gasteiger partial charge is 0.744 e. The van der Waals surface area contributed by atoms with Crippen LogP contribution >= 0.6 is 0 Å².